The maximum atomic E-state index is 12.9. The summed E-state index contributed by atoms with van der Waals surface area (Å²) in [6.07, 6.45) is 0.953. The maximum absolute atomic E-state index is 12.9. The van der Waals surface area contributed by atoms with Crippen molar-refractivity contribution in [2.75, 3.05) is 13.2 Å². The Morgan fingerprint density at radius 1 is 1.19 bits per heavy atom. The van der Waals surface area contributed by atoms with Crippen molar-refractivity contribution in [2.45, 2.75) is 57.8 Å². The van der Waals surface area contributed by atoms with Gasteiger partial charge in [-0.05, 0) is 25.7 Å². The van der Waals surface area contributed by atoms with E-state index in [4.69, 9.17) is 15.9 Å². The molecule has 10 nitrogen and oxygen atoms in total. The number of nitrogens with zero attached hydrogens (tertiary/aromatic N) is 1. The van der Waals surface area contributed by atoms with Gasteiger partial charge < -0.3 is 31.5 Å². The van der Waals surface area contributed by atoms with Crippen LogP contribution < -0.4 is 16.4 Å². The topological polar surface area (TPSA) is 162 Å². The van der Waals surface area contributed by atoms with Gasteiger partial charge in [0.05, 0.1) is 12.6 Å². The third kappa shape index (κ3) is 5.40. The van der Waals surface area contributed by atoms with Crippen LogP contribution in [0.1, 0.15) is 33.6 Å². The molecular weight excluding hydrogens is 344 g/mol. The Balaban J connectivity index is 2.89. The van der Waals surface area contributed by atoms with Crippen LogP contribution >= 0.6 is 0 Å². The van der Waals surface area contributed by atoms with Gasteiger partial charge >= 0.3 is 5.97 Å². The Labute approximate surface area is 152 Å². The van der Waals surface area contributed by atoms with Gasteiger partial charge in [0.25, 0.3) is 0 Å². The molecule has 1 heterocycles. The van der Waals surface area contributed by atoms with Gasteiger partial charge in [-0.15, -0.1) is 0 Å². The molecule has 0 radical (unpaired) electrons. The lowest BCUT2D eigenvalue weighted by Crippen LogP contribution is -2.58. The van der Waals surface area contributed by atoms with E-state index in [-0.39, 0.29) is 5.92 Å². The number of nitrogens with one attached hydrogen (secondary N) is 2. The van der Waals surface area contributed by atoms with Crippen LogP contribution in [0.4, 0.5) is 0 Å². The molecule has 3 amide bonds. The predicted octanol–water partition coefficient (Wildman–Crippen LogP) is -1.97. The predicted molar refractivity (Wildman–Crippen MR) is 91.8 cm³/mol. The number of nitrogens with two attached hydrogens (primary N) is 1. The minimum Gasteiger partial charge on any atom is -0.480 e. The molecule has 148 valence electrons. The molecule has 10 heteroatoms. The van der Waals surface area contributed by atoms with Crippen molar-refractivity contribution in [3.05, 3.63) is 0 Å². The van der Waals surface area contributed by atoms with E-state index in [1.807, 2.05) is 0 Å². The second kappa shape index (κ2) is 9.48. The number of likely N-dealkylation sites (tertiary alicyclic amines) is 1. The summed E-state index contributed by atoms with van der Waals surface area (Å²) in [7, 11) is 0. The molecule has 0 aromatic rings. The first-order chi connectivity index (χ1) is 12.1. The van der Waals surface area contributed by atoms with Gasteiger partial charge in [-0.25, -0.2) is 4.79 Å². The number of hydrogen-bond donors (Lipinski definition) is 5. The third-order valence-electron chi connectivity index (χ3n) is 4.28. The Morgan fingerprint density at radius 3 is 2.27 bits per heavy atom. The minimum absolute atomic E-state index is 0.223. The van der Waals surface area contributed by atoms with Crippen molar-refractivity contribution in [2.24, 2.45) is 11.7 Å². The van der Waals surface area contributed by atoms with Gasteiger partial charge in [-0.3, -0.25) is 14.4 Å². The summed E-state index contributed by atoms with van der Waals surface area (Å²) >= 11 is 0. The highest BCUT2D eigenvalue weighted by Crippen LogP contribution is 2.20. The van der Waals surface area contributed by atoms with Crippen LogP contribution in [0.25, 0.3) is 0 Å². The summed E-state index contributed by atoms with van der Waals surface area (Å²) in [5.41, 5.74) is 5.53. The van der Waals surface area contributed by atoms with E-state index in [0.717, 1.165) is 0 Å². The number of hydrogen-bond acceptors (Lipinski definition) is 6. The zero-order chi connectivity index (χ0) is 20.0. The number of amides is 3. The first-order valence-corrected chi connectivity index (χ1v) is 8.60. The first kappa shape index (κ1) is 21.8. The zero-order valence-electron chi connectivity index (χ0n) is 15.3. The van der Waals surface area contributed by atoms with Crippen molar-refractivity contribution in [1.82, 2.24) is 15.5 Å². The van der Waals surface area contributed by atoms with E-state index in [0.29, 0.717) is 19.4 Å². The molecule has 1 aliphatic heterocycles. The Hall–Kier alpha value is -2.20. The van der Waals surface area contributed by atoms with Gasteiger partial charge in [-0.1, -0.05) is 13.8 Å². The summed E-state index contributed by atoms with van der Waals surface area (Å²) in [5.74, 6) is -3.11. The number of carboxylic acid groups (broad SMARTS) is 1. The van der Waals surface area contributed by atoms with Crippen molar-refractivity contribution in [1.29, 1.82) is 0 Å². The molecule has 0 bridgehead atoms. The third-order valence-corrected chi connectivity index (χ3v) is 4.28. The van der Waals surface area contributed by atoms with Crippen LogP contribution in [-0.4, -0.2) is 76.1 Å². The van der Waals surface area contributed by atoms with Crippen LogP contribution in [0.5, 0.6) is 0 Å². The Morgan fingerprint density at radius 2 is 1.81 bits per heavy atom. The number of carbonyl (C=O) groups excluding carboxylic acids is 3. The van der Waals surface area contributed by atoms with Gasteiger partial charge in [-0.2, -0.15) is 0 Å². The highest BCUT2D eigenvalue weighted by atomic mass is 16.4. The van der Waals surface area contributed by atoms with Crippen molar-refractivity contribution in [3.8, 4) is 0 Å². The minimum atomic E-state index is -1.43. The van der Waals surface area contributed by atoms with Gasteiger partial charge in [0, 0.05) is 6.54 Å². The van der Waals surface area contributed by atoms with Crippen LogP contribution in [0.2, 0.25) is 0 Å². The van der Waals surface area contributed by atoms with E-state index in [1.165, 1.54) is 11.8 Å². The second-order valence-corrected chi connectivity index (χ2v) is 6.79. The molecule has 4 unspecified atom stereocenters. The number of aliphatic carboxylic acids is 1. The lowest BCUT2D eigenvalue weighted by molar-refractivity contribution is -0.146. The summed E-state index contributed by atoms with van der Waals surface area (Å²) in [5, 5.41) is 22.8. The van der Waals surface area contributed by atoms with Gasteiger partial charge in [0.15, 0.2) is 0 Å². The van der Waals surface area contributed by atoms with Crippen molar-refractivity contribution < 1.29 is 29.4 Å². The lowest BCUT2D eigenvalue weighted by atomic mass is 10.0. The Kier molecular flexibility index (Phi) is 7.97. The van der Waals surface area contributed by atoms with E-state index < -0.39 is 54.5 Å². The zero-order valence-corrected chi connectivity index (χ0v) is 15.3. The number of aliphatic hydroxyl groups excluding tert-OH is 1. The van der Waals surface area contributed by atoms with E-state index >= 15 is 0 Å². The molecule has 1 rings (SSSR count). The van der Waals surface area contributed by atoms with Crippen LogP contribution in [0.15, 0.2) is 0 Å². The summed E-state index contributed by atoms with van der Waals surface area (Å²) < 4.78 is 0. The van der Waals surface area contributed by atoms with Crippen molar-refractivity contribution >= 4 is 23.7 Å². The maximum Gasteiger partial charge on any atom is 0.328 e. The normalized spacial score (nSPS) is 20.4. The molecule has 0 aromatic heterocycles. The molecule has 0 aliphatic carbocycles. The van der Waals surface area contributed by atoms with Crippen LogP contribution in [0.3, 0.4) is 0 Å². The van der Waals surface area contributed by atoms with Gasteiger partial charge in [0.2, 0.25) is 17.7 Å². The van der Waals surface area contributed by atoms with E-state index in [1.54, 1.807) is 13.8 Å². The fourth-order valence-electron chi connectivity index (χ4n) is 2.73. The largest absolute Gasteiger partial charge is 0.480 e. The molecule has 4 atom stereocenters. The highest BCUT2D eigenvalue weighted by Gasteiger charge is 2.39. The monoisotopic (exact) mass is 372 g/mol. The average Bonchev–Trinajstić information content (AvgIpc) is 3.05. The molecule has 6 N–H and O–H groups in total. The number of rotatable bonds is 8. The first-order valence-electron chi connectivity index (χ1n) is 8.60. The molecule has 0 saturated carbocycles. The summed E-state index contributed by atoms with van der Waals surface area (Å²) in [6, 6.07) is -3.89. The molecule has 1 saturated heterocycles. The van der Waals surface area contributed by atoms with Crippen LogP contribution in [-0.2, 0) is 19.2 Å². The van der Waals surface area contributed by atoms with E-state index in [9.17, 15) is 19.2 Å². The highest BCUT2D eigenvalue weighted by molar-refractivity contribution is 5.94. The molecule has 0 spiro atoms. The lowest BCUT2D eigenvalue weighted by Gasteiger charge is -2.31. The summed E-state index contributed by atoms with van der Waals surface area (Å²) in [4.78, 5) is 49.4. The molecule has 0 aromatic carbocycles. The summed E-state index contributed by atoms with van der Waals surface area (Å²) in [6.45, 7) is 4.61. The molecule has 1 aliphatic rings. The van der Waals surface area contributed by atoms with Gasteiger partial charge in [0.1, 0.15) is 18.1 Å². The number of aliphatic hydroxyl groups is 1. The SMILES string of the molecule is CC(N)C(=O)NC(C(=O)N1CCCC1C(=O)NC(CO)C(=O)O)C(C)C. The number of carboxylic acids is 1. The molecule has 26 heavy (non-hydrogen) atoms. The fraction of sp³-hybridized carbons (Fsp3) is 0.750. The molecule has 1 fully saturated rings. The number of carbonyl (C=O) groups is 4. The second-order valence-electron chi connectivity index (χ2n) is 6.79. The smallest absolute Gasteiger partial charge is 0.328 e. The van der Waals surface area contributed by atoms with Crippen molar-refractivity contribution in [3.63, 3.8) is 0 Å². The van der Waals surface area contributed by atoms with E-state index in [2.05, 4.69) is 10.6 Å². The van der Waals surface area contributed by atoms with Crippen LogP contribution in [0, 0.1) is 5.92 Å². The standard InChI is InChI=1S/C16H28N4O6/c1-8(2)12(19-13(22)9(3)17)15(24)20-6-4-5-11(20)14(23)18-10(7-21)16(25)26/h8-12,21H,4-7,17H2,1-3H3,(H,18,23)(H,19,22)(H,25,26). The Bertz CT molecular complexity index is 551. The quantitative estimate of drug-likeness (QED) is 0.330. The fourth-order valence-corrected chi connectivity index (χ4v) is 2.73. The average molecular weight is 372 g/mol. The molecular formula is C16H28N4O6.